The highest BCUT2D eigenvalue weighted by atomic mass is 15.0. The van der Waals surface area contributed by atoms with Crippen LogP contribution in [0.1, 0.15) is 0 Å². The molecule has 0 bridgehead atoms. The molecule has 0 aliphatic rings. The Kier molecular flexibility index (Phi) is 18.7. The van der Waals surface area contributed by atoms with Crippen LogP contribution in [-0.2, 0) is 0 Å². The van der Waals surface area contributed by atoms with Gasteiger partial charge in [-0.3, -0.25) is 0 Å². The molecule has 0 amide bonds. The number of para-hydroxylation sites is 8. The van der Waals surface area contributed by atoms with Gasteiger partial charge in [0.15, 0.2) is 0 Å². The molecule has 0 fully saturated rings. The Hall–Kier alpha value is -19.4. The van der Waals surface area contributed by atoms with E-state index in [0.717, 1.165) is 0 Å². The molecule has 0 saturated heterocycles. The summed E-state index contributed by atoms with van der Waals surface area (Å²) in [5.74, 6) is 0. The first-order valence-electron chi connectivity index (χ1n) is 50.5. The highest BCUT2D eigenvalue weighted by Gasteiger charge is 2.29. The molecule has 0 saturated carbocycles. The van der Waals surface area contributed by atoms with Crippen molar-refractivity contribution in [2.45, 2.75) is 0 Å². The molecule has 0 aliphatic carbocycles. The van der Waals surface area contributed by atoms with Crippen molar-refractivity contribution in [3.8, 4) is 67.5 Å². The van der Waals surface area contributed by atoms with Gasteiger partial charge in [-0.05, 0) is 214 Å². The third-order valence-corrected chi connectivity index (χ3v) is 31.0. The van der Waals surface area contributed by atoms with Crippen LogP contribution in [0.25, 0.3) is 285 Å². The van der Waals surface area contributed by atoms with Crippen molar-refractivity contribution in [1.82, 2.24) is 27.4 Å². The van der Waals surface area contributed by atoms with E-state index in [1.54, 1.807) is 0 Å². The molecule has 32 aromatic rings. The summed E-state index contributed by atoms with van der Waals surface area (Å²) in [6.45, 7) is 0. The SMILES string of the molecule is c1ccc(-n2c3ccccc3c3c(-c4cccc5c4c4ccccc4n5-c4c5ccccc5cc5ccccc45)cccc32)cc1.c1ccc(-n2c3ccccc3c3c(-c4cccc5c4c4ccccc4n5-c4cc5ccccc5c5ccccc45)cccc32)cc1.c1ccc2c(c1)cc(-n1c3ccccc3c3c(-c4cccc5c4c4ccccc4n5-c4cc5ccccc5c5ccccc45)cccc31)c1ccccc12. The predicted molar refractivity (Wildman–Crippen MR) is 622 cm³/mol. The van der Waals surface area contributed by atoms with Crippen LogP contribution in [0.15, 0.2) is 534 Å². The van der Waals surface area contributed by atoms with Crippen LogP contribution >= 0.6 is 0 Å². The molecule has 0 radical (unpaired) electrons. The summed E-state index contributed by atoms with van der Waals surface area (Å²) >= 11 is 0. The Labute approximate surface area is 839 Å². The second kappa shape index (κ2) is 33.1. The highest BCUT2D eigenvalue weighted by molar-refractivity contribution is 6.29. The van der Waals surface area contributed by atoms with Crippen molar-refractivity contribution < 1.29 is 0 Å². The Morgan fingerprint density at radius 2 is 0.281 bits per heavy atom. The third kappa shape index (κ3) is 12.5. The van der Waals surface area contributed by atoms with E-state index < -0.39 is 0 Å². The molecule has 32 rings (SSSR count). The monoisotopic (exact) mass is 1850 g/mol. The van der Waals surface area contributed by atoms with Crippen molar-refractivity contribution in [2.24, 2.45) is 0 Å². The maximum atomic E-state index is 2.51. The molecule has 6 heteroatoms. The van der Waals surface area contributed by atoms with Crippen LogP contribution in [0.4, 0.5) is 0 Å². The van der Waals surface area contributed by atoms with Crippen molar-refractivity contribution in [3.05, 3.63) is 534 Å². The Morgan fingerprint density at radius 3 is 0.548 bits per heavy atom. The Bertz CT molecular complexity index is 10800. The van der Waals surface area contributed by atoms with E-state index in [-0.39, 0.29) is 0 Å². The van der Waals surface area contributed by atoms with Crippen molar-refractivity contribution in [3.63, 3.8) is 0 Å². The fourth-order valence-electron chi connectivity index (χ4n) is 25.1. The van der Waals surface area contributed by atoms with E-state index in [4.69, 9.17) is 0 Å². The van der Waals surface area contributed by atoms with Gasteiger partial charge in [0.05, 0.1) is 88.9 Å². The van der Waals surface area contributed by atoms with Gasteiger partial charge >= 0.3 is 0 Å². The van der Waals surface area contributed by atoms with E-state index in [1.807, 2.05) is 0 Å². The zero-order valence-electron chi connectivity index (χ0n) is 79.5. The van der Waals surface area contributed by atoms with Crippen LogP contribution < -0.4 is 0 Å². The van der Waals surface area contributed by atoms with E-state index in [2.05, 4.69) is 561 Å². The quantitative estimate of drug-likeness (QED) is 0.102. The predicted octanol–water partition coefficient (Wildman–Crippen LogP) is 37.9. The molecule has 0 atom stereocenters. The molecule has 0 aliphatic heterocycles. The third-order valence-electron chi connectivity index (χ3n) is 31.0. The van der Waals surface area contributed by atoms with Gasteiger partial charge in [0.2, 0.25) is 0 Å². The summed E-state index contributed by atoms with van der Waals surface area (Å²) in [6.07, 6.45) is 0. The standard InChI is InChI=1S/C52H32N2.2C44H28N2/c1-3-17-35-33(15-1)31-49(39-21-7-5-19-37(35)39)53-45-27-11-9-23-43(45)51-41(25-13-29-47(51)53)42-26-14-30-48-52(42)44-24-10-12-28-46(44)54(48)50-32-34-16-2-4-18-36(34)38-20-6-8-22-40(38)50;1-2-16-31(17-3-1)45-38-24-10-8-20-36(38)42-34(22-12-26-40(42)45)35-23-13-27-41-43(35)37-21-9-11-25-39(37)46(41)44-32-18-6-4-14-29(32)28-30-15-5-7-19-33(30)44;1-2-15-30(16-3-1)45-38-24-10-8-20-36(38)43-34(22-12-26-40(43)45)35-23-13-27-41-44(35)37-21-9-11-25-39(37)46(41)42-28-29-14-4-5-17-31(29)32-18-6-7-19-33(32)42/h1-32H;2*1-28H. The summed E-state index contributed by atoms with van der Waals surface area (Å²) in [5.41, 5.74) is 29.2. The molecule has 26 aromatic carbocycles. The minimum absolute atomic E-state index is 1.17. The van der Waals surface area contributed by atoms with Gasteiger partial charge in [0, 0.05) is 103 Å². The van der Waals surface area contributed by atoms with Gasteiger partial charge < -0.3 is 27.4 Å². The summed E-state index contributed by atoms with van der Waals surface area (Å²) in [7, 11) is 0. The molecule has 0 N–H and O–H groups in total. The molecule has 678 valence electrons. The molecule has 0 unspecified atom stereocenters. The number of hydrogen-bond donors (Lipinski definition) is 0. The van der Waals surface area contributed by atoms with Crippen LogP contribution in [0.3, 0.4) is 0 Å². The van der Waals surface area contributed by atoms with Crippen LogP contribution in [0.5, 0.6) is 0 Å². The van der Waals surface area contributed by atoms with Crippen LogP contribution in [0.2, 0.25) is 0 Å². The number of benzene rings is 26. The number of fused-ring (bicyclic) bond motifs is 29. The smallest absolute Gasteiger partial charge is 0.0618 e. The second-order valence-electron chi connectivity index (χ2n) is 38.6. The topological polar surface area (TPSA) is 29.6 Å². The Balaban J connectivity index is 0.000000102. The normalized spacial score (nSPS) is 12.0. The number of nitrogens with zero attached hydrogens (tertiary/aromatic N) is 6. The zero-order valence-corrected chi connectivity index (χ0v) is 79.5. The number of aromatic nitrogens is 6. The zero-order chi connectivity index (χ0) is 95.7. The molecule has 6 heterocycles. The van der Waals surface area contributed by atoms with E-state index >= 15 is 0 Å². The van der Waals surface area contributed by atoms with Gasteiger partial charge in [-0.2, -0.15) is 0 Å². The minimum atomic E-state index is 1.17. The van der Waals surface area contributed by atoms with Gasteiger partial charge in [0.25, 0.3) is 0 Å². The van der Waals surface area contributed by atoms with Crippen molar-refractivity contribution >= 4 is 217 Å². The minimum Gasteiger partial charge on any atom is -0.309 e. The molecule has 146 heavy (non-hydrogen) atoms. The van der Waals surface area contributed by atoms with E-state index in [1.165, 1.54) is 285 Å². The van der Waals surface area contributed by atoms with Crippen molar-refractivity contribution in [2.75, 3.05) is 0 Å². The largest absolute Gasteiger partial charge is 0.309 e. The van der Waals surface area contributed by atoms with Crippen LogP contribution in [0, 0.1) is 0 Å². The molecular formula is C140H88N6. The fourth-order valence-corrected chi connectivity index (χ4v) is 25.1. The first kappa shape index (κ1) is 82.5. The first-order valence-corrected chi connectivity index (χ1v) is 50.5. The highest BCUT2D eigenvalue weighted by Crippen LogP contribution is 2.52. The lowest BCUT2D eigenvalue weighted by Gasteiger charge is -2.16. The summed E-state index contributed by atoms with van der Waals surface area (Å²) in [5, 5.41) is 35.3. The summed E-state index contributed by atoms with van der Waals surface area (Å²) in [4.78, 5) is 0. The lowest BCUT2D eigenvalue weighted by molar-refractivity contribution is 1.18. The van der Waals surface area contributed by atoms with E-state index in [9.17, 15) is 0 Å². The Morgan fingerprint density at radius 1 is 0.103 bits per heavy atom. The fraction of sp³-hybridized carbons (Fsp3) is 0. The number of hydrogen-bond acceptors (Lipinski definition) is 0. The summed E-state index contributed by atoms with van der Waals surface area (Å²) < 4.78 is 14.8. The molecule has 0 spiro atoms. The van der Waals surface area contributed by atoms with Gasteiger partial charge in [-0.25, -0.2) is 0 Å². The maximum Gasteiger partial charge on any atom is 0.0618 e. The van der Waals surface area contributed by atoms with Gasteiger partial charge in [-0.15, -0.1) is 0 Å². The lowest BCUT2D eigenvalue weighted by Crippen LogP contribution is -1.97. The number of rotatable bonds is 9. The van der Waals surface area contributed by atoms with Crippen LogP contribution in [-0.4, -0.2) is 27.4 Å². The lowest BCUT2D eigenvalue weighted by atomic mass is 9.95. The average molecular weight is 1850 g/mol. The molecule has 6 aromatic heterocycles. The van der Waals surface area contributed by atoms with E-state index in [0.29, 0.717) is 0 Å². The second-order valence-corrected chi connectivity index (χ2v) is 38.6. The van der Waals surface area contributed by atoms with Gasteiger partial charge in [-0.1, -0.05) is 413 Å². The van der Waals surface area contributed by atoms with Gasteiger partial charge in [0.1, 0.15) is 0 Å². The maximum absolute atomic E-state index is 2.51. The summed E-state index contributed by atoms with van der Waals surface area (Å²) in [6, 6.07) is 195. The molecule has 6 nitrogen and oxygen atoms in total. The first-order chi connectivity index (χ1) is 72.6. The average Bonchev–Trinajstić information content (AvgIpc) is 1.55. The molecular weight excluding hydrogens is 1770 g/mol. The van der Waals surface area contributed by atoms with Crippen molar-refractivity contribution in [1.29, 1.82) is 0 Å².